The molecule has 2 N–H and O–H groups in total. The Morgan fingerprint density at radius 3 is 2.95 bits per heavy atom. The molecule has 0 fully saturated rings. The van der Waals surface area contributed by atoms with E-state index >= 15 is 0 Å². The Hall–Kier alpha value is -0.910. The van der Waals surface area contributed by atoms with Gasteiger partial charge in [0.25, 0.3) is 0 Å². The number of nitrogens with one attached hydrogen (secondary N) is 1. The van der Waals surface area contributed by atoms with Crippen molar-refractivity contribution in [1.82, 2.24) is 14.7 Å². The van der Waals surface area contributed by atoms with E-state index in [0.29, 0.717) is 12.5 Å². The number of aryl methyl sites for hydroxylation is 1. The molecule has 2 rings (SSSR count). The third kappa shape index (κ3) is 3.55. The summed E-state index contributed by atoms with van der Waals surface area (Å²) < 4.78 is 2.12. The van der Waals surface area contributed by atoms with Gasteiger partial charge in [-0.05, 0) is 26.2 Å². The highest BCUT2D eigenvalue weighted by Crippen LogP contribution is 2.18. The monoisotopic (exact) mass is 281 g/mol. The van der Waals surface area contributed by atoms with Gasteiger partial charge in [-0.2, -0.15) is 0 Å². The molecule has 0 aliphatic heterocycles. The molecule has 0 aromatic carbocycles. The molecule has 0 aliphatic carbocycles. The molecule has 19 heavy (non-hydrogen) atoms. The van der Waals surface area contributed by atoms with Crippen LogP contribution in [0, 0.1) is 12.8 Å². The Bertz CT molecular complexity index is 542. The molecule has 2 heterocycles. The zero-order valence-electron chi connectivity index (χ0n) is 12.1. The fourth-order valence-corrected chi connectivity index (χ4v) is 3.33. The van der Waals surface area contributed by atoms with Gasteiger partial charge in [0, 0.05) is 24.7 Å². The first-order valence-electron chi connectivity index (χ1n) is 6.73. The molecule has 1 unspecified atom stereocenters. The van der Waals surface area contributed by atoms with Crippen molar-refractivity contribution in [3.05, 3.63) is 23.0 Å². The van der Waals surface area contributed by atoms with Crippen LogP contribution in [0.3, 0.4) is 0 Å². The first kappa shape index (κ1) is 14.5. The minimum Gasteiger partial charge on any atom is -0.389 e. The van der Waals surface area contributed by atoms with Crippen LogP contribution in [0.15, 0.2) is 11.6 Å². The van der Waals surface area contributed by atoms with Crippen LogP contribution in [0.5, 0.6) is 0 Å². The molecule has 106 valence electrons. The van der Waals surface area contributed by atoms with Gasteiger partial charge in [-0.3, -0.25) is 4.40 Å². The maximum absolute atomic E-state index is 10.3. The van der Waals surface area contributed by atoms with Crippen molar-refractivity contribution >= 4 is 16.3 Å². The fourth-order valence-electron chi connectivity index (χ4n) is 2.56. The largest absolute Gasteiger partial charge is 0.389 e. The Morgan fingerprint density at radius 2 is 2.26 bits per heavy atom. The Balaban J connectivity index is 1.95. The van der Waals surface area contributed by atoms with Crippen LogP contribution >= 0.6 is 11.3 Å². The minimum absolute atomic E-state index is 0.497. The van der Waals surface area contributed by atoms with Crippen LogP contribution < -0.4 is 5.32 Å². The lowest BCUT2D eigenvalue weighted by Gasteiger charge is -2.25. The molecule has 0 radical (unpaired) electrons. The SMILES string of the molecule is Cc1nc2sccn2c1CNCC(C)(O)CC(C)C. The van der Waals surface area contributed by atoms with Gasteiger partial charge in [0.05, 0.1) is 17.0 Å². The van der Waals surface area contributed by atoms with E-state index in [1.807, 2.05) is 25.4 Å². The van der Waals surface area contributed by atoms with Crippen molar-refractivity contribution in [3.63, 3.8) is 0 Å². The summed E-state index contributed by atoms with van der Waals surface area (Å²) >= 11 is 1.64. The summed E-state index contributed by atoms with van der Waals surface area (Å²) in [5.41, 5.74) is 1.58. The third-order valence-corrected chi connectivity index (χ3v) is 3.96. The van der Waals surface area contributed by atoms with Crippen LogP contribution in [0.2, 0.25) is 0 Å². The molecule has 2 aromatic heterocycles. The third-order valence-electron chi connectivity index (χ3n) is 3.21. The van der Waals surface area contributed by atoms with Crippen LogP contribution in [-0.4, -0.2) is 26.6 Å². The quantitative estimate of drug-likeness (QED) is 0.855. The molecule has 0 amide bonds. The number of aliphatic hydroxyl groups is 1. The number of rotatable bonds is 6. The van der Waals surface area contributed by atoms with E-state index in [0.717, 1.165) is 23.6 Å². The fraction of sp³-hybridized carbons (Fsp3) is 0.643. The molecule has 0 saturated carbocycles. The van der Waals surface area contributed by atoms with Gasteiger partial charge in [0.15, 0.2) is 4.96 Å². The summed E-state index contributed by atoms with van der Waals surface area (Å²) in [5, 5.41) is 15.7. The lowest BCUT2D eigenvalue weighted by Crippen LogP contribution is -2.38. The highest BCUT2D eigenvalue weighted by atomic mass is 32.1. The molecule has 0 aliphatic rings. The van der Waals surface area contributed by atoms with Gasteiger partial charge in [-0.15, -0.1) is 11.3 Å². The number of hydrogen-bond donors (Lipinski definition) is 2. The molecular formula is C14H23N3OS. The number of imidazole rings is 1. The molecule has 5 heteroatoms. The van der Waals surface area contributed by atoms with Gasteiger partial charge in [-0.25, -0.2) is 4.98 Å². The summed E-state index contributed by atoms with van der Waals surface area (Å²) in [7, 11) is 0. The van der Waals surface area contributed by atoms with E-state index < -0.39 is 5.60 Å². The van der Waals surface area contributed by atoms with Gasteiger partial charge in [0.1, 0.15) is 0 Å². The first-order valence-corrected chi connectivity index (χ1v) is 7.61. The van der Waals surface area contributed by atoms with Crippen molar-refractivity contribution in [3.8, 4) is 0 Å². The minimum atomic E-state index is -0.652. The van der Waals surface area contributed by atoms with Crippen molar-refractivity contribution in [2.75, 3.05) is 6.54 Å². The zero-order chi connectivity index (χ0) is 14.0. The van der Waals surface area contributed by atoms with E-state index in [1.165, 1.54) is 5.69 Å². The van der Waals surface area contributed by atoms with Crippen LogP contribution in [-0.2, 0) is 6.54 Å². The van der Waals surface area contributed by atoms with E-state index in [2.05, 4.69) is 28.5 Å². The van der Waals surface area contributed by atoms with Gasteiger partial charge < -0.3 is 10.4 Å². The summed E-state index contributed by atoms with van der Waals surface area (Å²) in [6, 6.07) is 0. The maximum Gasteiger partial charge on any atom is 0.194 e. The Labute approximate surface area is 118 Å². The van der Waals surface area contributed by atoms with E-state index in [1.54, 1.807) is 11.3 Å². The standard InChI is InChI=1S/C14H23N3OS/c1-10(2)7-14(4,18)9-15-8-12-11(3)16-13-17(12)5-6-19-13/h5-6,10,15,18H,7-9H2,1-4H3. The van der Waals surface area contributed by atoms with Gasteiger partial charge in [-0.1, -0.05) is 13.8 Å². The van der Waals surface area contributed by atoms with E-state index in [9.17, 15) is 5.11 Å². The van der Waals surface area contributed by atoms with Crippen LogP contribution in [0.4, 0.5) is 0 Å². The summed E-state index contributed by atoms with van der Waals surface area (Å²) in [6.45, 7) is 9.52. The molecular weight excluding hydrogens is 258 g/mol. The average molecular weight is 281 g/mol. The highest BCUT2D eigenvalue weighted by Gasteiger charge is 2.21. The summed E-state index contributed by atoms with van der Waals surface area (Å²) in [6.07, 6.45) is 2.85. The molecule has 0 bridgehead atoms. The summed E-state index contributed by atoms with van der Waals surface area (Å²) in [5.74, 6) is 0.497. The topological polar surface area (TPSA) is 49.6 Å². The van der Waals surface area contributed by atoms with Crippen LogP contribution in [0.25, 0.3) is 4.96 Å². The predicted molar refractivity (Wildman–Crippen MR) is 79.6 cm³/mol. The molecule has 2 aromatic rings. The van der Waals surface area contributed by atoms with Gasteiger partial charge >= 0.3 is 0 Å². The van der Waals surface area contributed by atoms with Crippen molar-refractivity contribution in [1.29, 1.82) is 0 Å². The number of fused-ring (bicyclic) bond motifs is 1. The zero-order valence-corrected chi connectivity index (χ0v) is 12.9. The predicted octanol–water partition coefficient (Wildman–Crippen LogP) is 2.59. The van der Waals surface area contributed by atoms with Crippen molar-refractivity contribution in [2.24, 2.45) is 5.92 Å². The lowest BCUT2D eigenvalue weighted by molar-refractivity contribution is 0.0382. The van der Waals surface area contributed by atoms with Crippen molar-refractivity contribution in [2.45, 2.75) is 46.3 Å². The van der Waals surface area contributed by atoms with Crippen LogP contribution in [0.1, 0.15) is 38.6 Å². The van der Waals surface area contributed by atoms with E-state index in [-0.39, 0.29) is 0 Å². The smallest absolute Gasteiger partial charge is 0.194 e. The average Bonchev–Trinajstić information content (AvgIpc) is 2.79. The normalized spacial score (nSPS) is 15.3. The highest BCUT2D eigenvalue weighted by molar-refractivity contribution is 7.15. The lowest BCUT2D eigenvalue weighted by atomic mass is 9.94. The maximum atomic E-state index is 10.3. The van der Waals surface area contributed by atoms with Crippen molar-refractivity contribution < 1.29 is 5.11 Å². The molecule has 4 nitrogen and oxygen atoms in total. The Morgan fingerprint density at radius 1 is 1.53 bits per heavy atom. The second-order valence-corrected chi connectivity index (χ2v) is 6.77. The second-order valence-electron chi connectivity index (χ2n) is 5.90. The van der Waals surface area contributed by atoms with E-state index in [4.69, 9.17) is 0 Å². The molecule has 1 atom stereocenters. The number of aromatic nitrogens is 2. The Kier molecular flexibility index (Phi) is 4.28. The second kappa shape index (κ2) is 5.61. The number of thiazole rings is 1. The number of hydrogen-bond acceptors (Lipinski definition) is 4. The molecule has 0 saturated heterocycles. The summed E-state index contributed by atoms with van der Waals surface area (Å²) in [4.78, 5) is 5.55. The molecule has 0 spiro atoms. The first-order chi connectivity index (χ1) is 8.89. The number of nitrogens with zero attached hydrogens (tertiary/aromatic N) is 2. The van der Waals surface area contributed by atoms with Gasteiger partial charge in [0.2, 0.25) is 0 Å².